The van der Waals surface area contributed by atoms with Gasteiger partial charge in [-0.2, -0.15) is 0 Å². The Morgan fingerprint density at radius 1 is 0.963 bits per heavy atom. The lowest BCUT2D eigenvalue weighted by Crippen LogP contribution is -2.51. The molecule has 0 fully saturated rings. The zero-order valence-electron chi connectivity index (χ0n) is 15.8. The average molecular weight is 371 g/mol. The quantitative estimate of drug-likeness (QED) is 0.721. The van der Waals surface area contributed by atoms with Gasteiger partial charge < -0.3 is 19.5 Å². The van der Waals surface area contributed by atoms with Crippen molar-refractivity contribution >= 4 is 12.1 Å². The van der Waals surface area contributed by atoms with Crippen molar-refractivity contribution in [1.82, 2.24) is 5.32 Å². The Hall–Kier alpha value is -2.86. The summed E-state index contributed by atoms with van der Waals surface area (Å²) in [6, 6.07) is 18.3. The van der Waals surface area contributed by atoms with E-state index < -0.39 is 23.8 Å². The molecule has 1 atom stereocenters. The van der Waals surface area contributed by atoms with Crippen LogP contribution in [0.5, 0.6) is 0 Å². The first-order chi connectivity index (χ1) is 13.1. The zero-order chi connectivity index (χ0) is 19.7. The van der Waals surface area contributed by atoms with Crippen molar-refractivity contribution in [3.63, 3.8) is 0 Å². The van der Waals surface area contributed by atoms with Gasteiger partial charge in [0.1, 0.15) is 0 Å². The molecule has 0 heterocycles. The lowest BCUT2D eigenvalue weighted by molar-refractivity contribution is -0.167. The minimum atomic E-state index is -1.36. The number of amides is 1. The lowest BCUT2D eigenvalue weighted by atomic mass is 9.81. The molecule has 2 aromatic carbocycles. The van der Waals surface area contributed by atoms with Crippen LogP contribution in [0, 0.1) is 0 Å². The molecule has 144 valence electrons. The van der Waals surface area contributed by atoms with Gasteiger partial charge in [0.15, 0.2) is 5.60 Å². The molecule has 0 radical (unpaired) electrons. The van der Waals surface area contributed by atoms with Gasteiger partial charge in [-0.1, -0.05) is 67.6 Å². The Balaban J connectivity index is 2.60. The summed E-state index contributed by atoms with van der Waals surface area (Å²) in [6.07, 6.45) is -1.31. The van der Waals surface area contributed by atoms with Gasteiger partial charge in [-0.25, -0.2) is 9.59 Å². The van der Waals surface area contributed by atoms with E-state index in [1.54, 1.807) is 0 Å². The number of nitrogens with one attached hydrogen (secondary N) is 1. The van der Waals surface area contributed by atoms with Crippen molar-refractivity contribution in [3.05, 3.63) is 71.8 Å². The summed E-state index contributed by atoms with van der Waals surface area (Å²) in [4.78, 5) is 24.9. The molecule has 0 spiro atoms. The van der Waals surface area contributed by atoms with E-state index in [0.717, 1.165) is 6.42 Å². The van der Waals surface area contributed by atoms with E-state index in [1.165, 1.54) is 14.2 Å². The Labute approximate surface area is 159 Å². The normalized spacial score (nSPS) is 12.1. The largest absolute Gasteiger partial charge is 0.466 e. The molecule has 1 amide bonds. The molecular formula is C21H25NO5. The Bertz CT molecular complexity index is 693. The molecule has 27 heavy (non-hydrogen) atoms. The molecule has 1 N–H and O–H groups in total. The summed E-state index contributed by atoms with van der Waals surface area (Å²) >= 11 is 0. The summed E-state index contributed by atoms with van der Waals surface area (Å²) in [7, 11) is 2.72. The van der Waals surface area contributed by atoms with Gasteiger partial charge in [0, 0.05) is 13.7 Å². The summed E-state index contributed by atoms with van der Waals surface area (Å²) in [5, 5.41) is 2.62. The number of rotatable bonds is 8. The molecule has 6 nitrogen and oxygen atoms in total. The molecule has 0 saturated heterocycles. The predicted molar refractivity (Wildman–Crippen MR) is 101 cm³/mol. The maximum atomic E-state index is 12.7. The van der Waals surface area contributed by atoms with Crippen LogP contribution < -0.4 is 5.32 Å². The van der Waals surface area contributed by atoms with Gasteiger partial charge >= 0.3 is 12.1 Å². The summed E-state index contributed by atoms with van der Waals surface area (Å²) < 4.78 is 16.4. The summed E-state index contributed by atoms with van der Waals surface area (Å²) in [5.41, 5.74) is -0.0334. The number of alkyl carbamates (subject to hydrolysis) is 1. The second-order valence-electron chi connectivity index (χ2n) is 5.91. The van der Waals surface area contributed by atoms with Crippen LogP contribution in [0.4, 0.5) is 4.79 Å². The van der Waals surface area contributed by atoms with Crippen LogP contribution in [0.25, 0.3) is 0 Å². The van der Waals surface area contributed by atoms with Crippen molar-refractivity contribution in [3.8, 4) is 0 Å². The third-order valence-corrected chi connectivity index (χ3v) is 4.26. The standard InChI is InChI=1S/C21H25NO5/c1-4-15-22-20(24)27-18(19(23)25-2)21(26-3,16-11-7-5-8-12-16)17-13-9-6-10-14-17/h5-14,18H,4,15H2,1-3H3,(H,22,24)/t18-/m1/s1. The van der Waals surface area contributed by atoms with E-state index >= 15 is 0 Å². The fourth-order valence-electron chi connectivity index (χ4n) is 2.96. The SMILES string of the molecule is CCCNC(=O)O[C@H](C(=O)OC)C(OC)(c1ccccc1)c1ccccc1. The first-order valence-corrected chi connectivity index (χ1v) is 8.78. The molecule has 0 aliphatic rings. The number of hydrogen-bond donors (Lipinski definition) is 1. The van der Waals surface area contributed by atoms with Crippen LogP contribution in [0.2, 0.25) is 0 Å². The second kappa shape index (κ2) is 9.73. The Morgan fingerprint density at radius 3 is 1.89 bits per heavy atom. The van der Waals surface area contributed by atoms with Crippen LogP contribution in [0.1, 0.15) is 24.5 Å². The highest BCUT2D eigenvalue weighted by molar-refractivity contribution is 5.81. The average Bonchev–Trinajstić information content (AvgIpc) is 2.73. The Morgan fingerprint density at radius 2 is 1.48 bits per heavy atom. The minimum absolute atomic E-state index is 0.434. The molecule has 0 unspecified atom stereocenters. The van der Waals surface area contributed by atoms with Crippen LogP contribution in [-0.2, 0) is 24.6 Å². The third kappa shape index (κ3) is 4.46. The summed E-state index contributed by atoms with van der Waals surface area (Å²) in [6.45, 7) is 2.36. The topological polar surface area (TPSA) is 73.9 Å². The van der Waals surface area contributed by atoms with Crippen LogP contribution in [-0.4, -0.2) is 38.9 Å². The highest BCUT2D eigenvalue weighted by Crippen LogP contribution is 2.38. The molecule has 0 aliphatic heterocycles. The number of esters is 1. The highest BCUT2D eigenvalue weighted by Gasteiger charge is 2.50. The molecule has 2 rings (SSSR count). The maximum Gasteiger partial charge on any atom is 0.408 e. The van der Waals surface area contributed by atoms with Gasteiger partial charge in [-0.05, 0) is 17.5 Å². The van der Waals surface area contributed by atoms with Crippen molar-refractivity contribution in [2.24, 2.45) is 0 Å². The fraction of sp³-hybridized carbons (Fsp3) is 0.333. The van der Waals surface area contributed by atoms with E-state index in [1.807, 2.05) is 67.6 Å². The molecule has 2 aromatic rings. The minimum Gasteiger partial charge on any atom is -0.466 e. The van der Waals surface area contributed by atoms with E-state index in [9.17, 15) is 9.59 Å². The van der Waals surface area contributed by atoms with Gasteiger partial charge in [-0.15, -0.1) is 0 Å². The monoisotopic (exact) mass is 371 g/mol. The molecule has 0 aliphatic carbocycles. The van der Waals surface area contributed by atoms with Crippen LogP contribution in [0.15, 0.2) is 60.7 Å². The molecular weight excluding hydrogens is 346 g/mol. The number of benzene rings is 2. The fourth-order valence-corrected chi connectivity index (χ4v) is 2.96. The third-order valence-electron chi connectivity index (χ3n) is 4.26. The lowest BCUT2D eigenvalue weighted by Gasteiger charge is -2.38. The van der Waals surface area contributed by atoms with Crippen LogP contribution >= 0.6 is 0 Å². The van der Waals surface area contributed by atoms with Gasteiger partial charge in [0.25, 0.3) is 0 Å². The zero-order valence-corrected chi connectivity index (χ0v) is 15.8. The first-order valence-electron chi connectivity index (χ1n) is 8.78. The smallest absolute Gasteiger partial charge is 0.408 e. The second-order valence-corrected chi connectivity index (χ2v) is 5.91. The van der Waals surface area contributed by atoms with Crippen molar-refractivity contribution in [2.75, 3.05) is 20.8 Å². The summed E-state index contributed by atoms with van der Waals surface area (Å²) in [5.74, 6) is -0.712. The number of ether oxygens (including phenoxy) is 3. The Kier molecular flexibility index (Phi) is 7.37. The molecule has 0 bridgehead atoms. The number of hydrogen-bond acceptors (Lipinski definition) is 5. The first kappa shape index (κ1) is 20.5. The number of methoxy groups -OCH3 is 2. The van der Waals surface area contributed by atoms with E-state index in [-0.39, 0.29) is 0 Å². The van der Waals surface area contributed by atoms with Gasteiger partial charge in [0.05, 0.1) is 7.11 Å². The predicted octanol–water partition coefficient (Wildman–Crippen LogP) is 3.25. The molecule has 0 saturated carbocycles. The molecule has 0 aromatic heterocycles. The molecule has 6 heteroatoms. The van der Waals surface area contributed by atoms with E-state index in [2.05, 4.69) is 5.32 Å². The number of carbonyl (C=O) groups excluding carboxylic acids is 2. The van der Waals surface area contributed by atoms with E-state index in [4.69, 9.17) is 14.2 Å². The van der Waals surface area contributed by atoms with Crippen molar-refractivity contribution < 1.29 is 23.8 Å². The van der Waals surface area contributed by atoms with E-state index in [0.29, 0.717) is 17.7 Å². The van der Waals surface area contributed by atoms with Crippen molar-refractivity contribution in [1.29, 1.82) is 0 Å². The highest BCUT2D eigenvalue weighted by atomic mass is 16.6. The van der Waals surface area contributed by atoms with Crippen LogP contribution in [0.3, 0.4) is 0 Å². The van der Waals surface area contributed by atoms with Gasteiger partial charge in [-0.3, -0.25) is 0 Å². The van der Waals surface area contributed by atoms with Crippen molar-refractivity contribution in [2.45, 2.75) is 25.0 Å². The maximum absolute atomic E-state index is 12.7. The number of carbonyl (C=O) groups is 2. The van der Waals surface area contributed by atoms with Gasteiger partial charge in [0.2, 0.25) is 6.10 Å².